The fourth-order valence-electron chi connectivity index (χ4n) is 1.17. The van der Waals surface area contributed by atoms with Crippen molar-refractivity contribution in [3.63, 3.8) is 0 Å². The van der Waals surface area contributed by atoms with Gasteiger partial charge in [0.25, 0.3) is 6.43 Å². The molecule has 0 aromatic carbocycles. The van der Waals surface area contributed by atoms with Gasteiger partial charge in [-0.3, -0.25) is 4.79 Å². The Kier molecular flexibility index (Phi) is 4.30. The van der Waals surface area contributed by atoms with Crippen LogP contribution in [0, 0.1) is 5.82 Å². The zero-order chi connectivity index (χ0) is 13.0. The Morgan fingerprint density at radius 2 is 2.24 bits per heavy atom. The molecule has 0 fully saturated rings. The molecule has 0 amide bonds. The van der Waals surface area contributed by atoms with Crippen molar-refractivity contribution in [3.05, 3.63) is 23.3 Å². The van der Waals surface area contributed by atoms with Gasteiger partial charge in [-0.15, -0.1) is 0 Å². The summed E-state index contributed by atoms with van der Waals surface area (Å²) >= 11 is 0. The average molecular weight is 249 g/mol. The number of halogens is 3. The summed E-state index contributed by atoms with van der Waals surface area (Å²) in [5.74, 6) is -2.74. The number of aromatic nitrogens is 1. The van der Waals surface area contributed by atoms with Crippen LogP contribution < -0.4 is 0 Å². The molecular weight excluding hydrogens is 239 g/mol. The minimum Gasteiger partial charge on any atom is -0.506 e. The van der Waals surface area contributed by atoms with E-state index in [0.29, 0.717) is 6.07 Å². The van der Waals surface area contributed by atoms with Gasteiger partial charge >= 0.3 is 5.97 Å². The number of esters is 1. The van der Waals surface area contributed by atoms with Gasteiger partial charge in [-0.05, 0) is 6.92 Å². The number of alkyl halides is 2. The Morgan fingerprint density at radius 1 is 1.59 bits per heavy atom. The van der Waals surface area contributed by atoms with E-state index in [1.54, 1.807) is 6.92 Å². The van der Waals surface area contributed by atoms with E-state index in [9.17, 15) is 18.0 Å². The maximum atomic E-state index is 13.2. The molecule has 0 unspecified atom stereocenters. The number of ether oxygens (including phenoxy) is 1. The van der Waals surface area contributed by atoms with Gasteiger partial charge in [0.2, 0.25) is 0 Å². The summed E-state index contributed by atoms with van der Waals surface area (Å²) in [5, 5.41) is 9.03. The summed E-state index contributed by atoms with van der Waals surface area (Å²) in [6, 6.07) is 0.503. The molecule has 1 aromatic heterocycles. The third-order valence-corrected chi connectivity index (χ3v) is 1.88. The molecule has 1 rings (SSSR count). The number of rotatable bonds is 4. The Bertz CT molecular complexity index is 424. The number of hydrogen-bond acceptors (Lipinski definition) is 4. The van der Waals surface area contributed by atoms with Crippen LogP contribution in [0.3, 0.4) is 0 Å². The lowest BCUT2D eigenvalue weighted by Gasteiger charge is -2.07. The number of aromatic hydroxyl groups is 1. The van der Waals surface area contributed by atoms with E-state index < -0.39 is 41.8 Å². The molecule has 1 heterocycles. The van der Waals surface area contributed by atoms with Crippen molar-refractivity contribution in [2.24, 2.45) is 0 Å². The Morgan fingerprint density at radius 3 is 2.76 bits per heavy atom. The van der Waals surface area contributed by atoms with Crippen molar-refractivity contribution in [3.8, 4) is 5.75 Å². The van der Waals surface area contributed by atoms with Crippen molar-refractivity contribution in [1.29, 1.82) is 0 Å². The lowest BCUT2D eigenvalue weighted by Crippen LogP contribution is -2.11. The monoisotopic (exact) mass is 249 g/mol. The minimum absolute atomic E-state index is 0.0975. The van der Waals surface area contributed by atoms with Crippen molar-refractivity contribution < 1.29 is 27.8 Å². The van der Waals surface area contributed by atoms with Crippen LogP contribution in [0.15, 0.2) is 6.07 Å². The molecule has 0 aliphatic rings. The van der Waals surface area contributed by atoms with E-state index in [1.165, 1.54) is 0 Å². The second-order valence-corrected chi connectivity index (χ2v) is 3.10. The van der Waals surface area contributed by atoms with E-state index in [4.69, 9.17) is 5.11 Å². The fourth-order valence-corrected chi connectivity index (χ4v) is 1.17. The van der Waals surface area contributed by atoms with Crippen LogP contribution >= 0.6 is 0 Å². The van der Waals surface area contributed by atoms with E-state index in [-0.39, 0.29) is 6.61 Å². The van der Waals surface area contributed by atoms with Gasteiger partial charge in [0.15, 0.2) is 0 Å². The number of nitrogens with zero attached hydrogens (tertiary/aromatic N) is 1. The maximum absolute atomic E-state index is 13.2. The van der Waals surface area contributed by atoms with E-state index in [2.05, 4.69) is 9.72 Å². The van der Waals surface area contributed by atoms with Gasteiger partial charge in [-0.1, -0.05) is 0 Å². The van der Waals surface area contributed by atoms with Crippen LogP contribution in [0.1, 0.15) is 24.7 Å². The number of carbonyl (C=O) groups is 1. The normalized spacial score (nSPS) is 10.6. The van der Waals surface area contributed by atoms with Crippen molar-refractivity contribution in [2.45, 2.75) is 19.8 Å². The molecule has 1 N–H and O–H groups in total. The second-order valence-electron chi connectivity index (χ2n) is 3.10. The Hall–Kier alpha value is -1.79. The molecule has 1 aromatic rings. The Labute approximate surface area is 95.0 Å². The first kappa shape index (κ1) is 13.3. The summed E-state index contributed by atoms with van der Waals surface area (Å²) < 4.78 is 42.5. The smallest absolute Gasteiger partial charge is 0.311 e. The first-order valence-corrected chi connectivity index (χ1v) is 4.77. The van der Waals surface area contributed by atoms with Crippen molar-refractivity contribution in [2.75, 3.05) is 6.61 Å². The third kappa shape index (κ3) is 3.33. The second kappa shape index (κ2) is 5.51. The highest BCUT2D eigenvalue weighted by atomic mass is 19.3. The molecule has 4 nitrogen and oxygen atoms in total. The topological polar surface area (TPSA) is 59.4 Å². The SMILES string of the molecule is CCOC(=O)Cc1nc(C(F)F)c(O)cc1F. The van der Waals surface area contributed by atoms with Crippen LogP contribution in [0.2, 0.25) is 0 Å². The predicted octanol–water partition coefficient (Wildman–Crippen LogP) is 1.97. The van der Waals surface area contributed by atoms with Crippen LogP contribution in [0.25, 0.3) is 0 Å². The third-order valence-electron chi connectivity index (χ3n) is 1.88. The summed E-state index contributed by atoms with van der Waals surface area (Å²) in [6.45, 7) is 1.66. The first-order valence-electron chi connectivity index (χ1n) is 4.77. The van der Waals surface area contributed by atoms with Gasteiger partial charge in [0, 0.05) is 6.07 Å². The highest BCUT2D eigenvalue weighted by Crippen LogP contribution is 2.27. The number of pyridine rings is 1. The van der Waals surface area contributed by atoms with Gasteiger partial charge in [-0.2, -0.15) is 0 Å². The molecule has 0 saturated carbocycles. The largest absolute Gasteiger partial charge is 0.506 e. The zero-order valence-corrected chi connectivity index (χ0v) is 8.91. The molecular formula is C10H10F3NO3. The molecule has 0 aliphatic carbocycles. The molecule has 0 atom stereocenters. The van der Waals surface area contributed by atoms with E-state index in [1.807, 2.05) is 0 Å². The Balaban J connectivity index is 2.99. The van der Waals surface area contributed by atoms with Crippen LogP contribution in [-0.2, 0) is 16.0 Å². The minimum atomic E-state index is -3.04. The lowest BCUT2D eigenvalue weighted by atomic mass is 10.2. The summed E-state index contributed by atoms with van der Waals surface area (Å²) in [7, 11) is 0. The molecule has 0 aliphatic heterocycles. The summed E-state index contributed by atoms with van der Waals surface area (Å²) in [5.41, 5.74) is -1.43. The van der Waals surface area contributed by atoms with E-state index >= 15 is 0 Å². The fraction of sp³-hybridized carbons (Fsp3) is 0.400. The molecule has 94 valence electrons. The van der Waals surface area contributed by atoms with Gasteiger partial charge in [0.1, 0.15) is 17.3 Å². The van der Waals surface area contributed by atoms with Crippen molar-refractivity contribution >= 4 is 5.97 Å². The van der Waals surface area contributed by atoms with E-state index in [0.717, 1.165) is 0 Å². The van der Waals surface area contributed by atoms with Crippen LogP contribution in [-0.4, -0.2) is 22.7 Å². The first-order chi connectivity index (χ1) is 7.95. The van der Waals surface area contributed by atoms with Crippen LogP contribution in [0.5, 0.6) is 5.75 Å². The summed E-state index contributed by atoms with van der Waals surface area (Å²) in [4.78, 5) is 14.3. The average Bonchev–Trinajstić information content (AvgIpc) is 2.21. The van der Waals surface area contributed by atoms with Gasteiger partial charge in [-0.25, -0.2) is 18.2 Å². The standard InChI is InChI=1S/C10H10F3NO3/c1-2-17-8(16)4-6-5(11)3-7(15)9(14-6)10(12)13/h3,10,15H,2,4H2,1H3. The van der Waals surface area contributed by atoms with Crippen LogP contribution in [0.4, 0.5) is 13.2 Å². The quantitative estimate of drug-likeness (QED) is 0.829. The number of hydrogen-bond donors (Lipinski definition) is 1. The highest BCUT2D eigenvalue weighted by Gasteiger charge is 2.20. The van der Waals surface area contributed by atoms with Gasteiger partial charge < -0.3 is 9.84 Å². The molecule has 0 radical (unpaired) electrons. The zero-order valence-electron chi connectivity index (χ0n) is 8.91. The molecule has 7 heteroatoms. The maximum Gasteiger partial charge on any atom is 0.311 e. The molecule has 0 spiro atoms. The molecule has 0 saturated heterocycles. The lowest BCUT2D eigenvalue weighted by molar-refractivity contribution is -0.142. The predicted molar refractivity (Wildman–Crippen MR) is 51.2 cm³/mol. The van der Waals surface area contributed by atoms with Crippen molar-refractivity contribution in [1.82, 2.24) is 4.98 Å². The van der Waals surface area contributed by atoms with Gasteiger partial charge in [0.05, 0.1) is 18.7 Å². The molecule has 17 heavy (non-hydrogen) atoms. The number of carbonyl (C=O) groups excluding carboxylic acids is 1. The summed E-state index contributed by atoms with van der Waals surface area (Å²) in [6.07, 6.45) is -3.60. The highest BCUT2D eigenvalue weighted by molar-refractivity contribution is 5.72. The molecule has 0 bridgehead atoms.